The highest BCUT2D eigenvalue weighted by molar-refractivity contribution is 7.13. The minimum atomic E-state index is -0.271. The van der Waals surface area contributed by atoms with Gasteiger partial charge in [-0.15, -0.1) is 22.9 Å². The Balaban J connectivity index is 2.30. The largest absolute Gasteiger partial charge is 0.380 e. The van der Waals surface area contributed by atoms with Crippen molar-refractivity contribution in [2.75, 3.05) is 7.11 Å². The second-order valence-electron chi connectivity index (χ2n) is 3.52. The number of benzene rings is 1. The van der Waals surface area contributed by atoms with Gasteiger partial charge in [0.15, 0.2) is 0 Å². The van der Waals surface area contributed by atoms with Crippen LogP contribution in [0.15, 0.2) is 23.6 Å². The predicted octanol–water partition coefficient (Wildman–Crippen LogP) is 3.83. The molecule has 0 amide bonds. The van der Waals surface area contributed by atoms with Gasteiger partial charge >= 0.3 is 0 Å². The van der Waals surface area contributed by atoms with E-state index >= 15 is 0 Å². The number of aromatic nitrogens is 1. The molecule has 2 aromatic rings. The molecule has 0 aliphatic carbocycles. The Morgan fingerprint density at radius 3 is 2.88 bits per heavy atom. The topological polar surface area (TPSA) is 22.1 Å². The number of halogens is 2. The van der Waals surface area contributed by atoms with Crippen molar-refractivity contribution < 1.29 is 9.13 Å². The van der Waals surface area contributed by atoms with Crippen LogP contribution in [0.4, 0.5) is 4.39 Å². The van der Waals surface area contributed by atoms with Crippen LogP contribution in [0.5, 0.6) is 0 Å². The molecule has 1 aromatic carbocycles. The first-order chi connectivity index (χ1) is 8.24. The summed E-state index contributed by atoms with van der Waals surface area (Å²) in [6.45, 7) is 0.275. The standard InChI is InChI=1S/C12H11ClFNOS/c1-16-6-9-3-2-8(4-11(9)14)12-15-10(5-13)7-17-12/h2-4,7H,5-6H2,1H3. The second kappa shape index (κ2) is 5.58. The lowest BCUT2D eigenvalue weighted by molar-refractivity contribution is 0.181. The number of hydrogen-bond acceptors (Lipinski definition) is 3. The van der Waals surface area contributed by atoms with E-state index in [4.69, 9.17) is 16.3 Å². The van der Waals surface area contributed by atoms with Crippen LogP contribution in [-0.4, -0.2) is 12.1 Å². The van der Waals surface area contributed by atoms with Gasteiger partial charge in [0, 0.05) is 23.6 Å². The fraction of sp³-hybridized carbons (Fsp3) is 0.250. The number of thiazole rings is 1. The van der Waals surface area contributed by atoms with Crippen molar-refractivity contribution in [3.8, 4) is 10.6 Å². The van der Waals surface area contributed by atoms with Gasteiger partial charge in [-0.05, 0) is 6.07 Å². The SMILES string of the molecule is COCc1ccc(-c2nc(CCl)cs2)cc1F. The molecule has 0 aliphatic heterocycles. The molecule has 0 radical (unpaired) electrons. The third-order valence-electron chi connectivity index (χ3n) is 2.29. The zero-order valence-corrected chi connectivity index (χ0v) is 10.8. The molecule has 0 spiro atoms. The average Bonchev–Trinajstić information content (AvgIpc) is 2.80. The number of methoxy groups -OCH3 is 1. The lowest BCUT2D eigenvalue weighted by atomic mass is 10.1. The molecule has 17 heavy (non-hydrogen) atoms. The quantitative estimate of drug-likeness (QED) is 0.789. The maximum atomic E-state index is 13.7. The first-order valence-corrected chi connectivity index (χ1v) is 6.44. The molecule has 0 fully saturated rings. The Bertz CT molecular complexity index is 515. The third-order valence-corrected chi connectivity index (χ3v) is 3.50. The number of nitrogens with zero attached hydrogens (tertiary/aromatic N) is 1. The fourth-order valence-corrected chi connectivity index (χ4v) is 2.50. The number of hydrogen-bond donors (Lipinski definition) is 0. The van der Waals surface area contributed by atoms with Gasteiger partial charge in [-0.2, -0.15) is 0 Å². The zero-order chi connectivity index (χ0) is 12.3. The van der Waals surface area contributed by atoms with Crippen LogP contribution in [-0.2, 0) is 17.2 Å². The monoisotopic (exact) mass is 271 g/mol. The summed E-state index contributed by atoms with van der Waals surface area (Å²) in [4.78, 5) is 4.30. The Labute approximate surface area is 108 Å². The summed E-state index contributed by atoms with van der Waals surface area (Å²) in [5.41, 5.74) is 2.13. The predicted molar refractivity (Wildman–Crippen MR) is 67.8 cm³/mol. The minimum Gasteiger partial charge on any atom is -0.380 e. The summed E-state index contributed by atoms with van der Waals surface area (Å²) in [6.07, 6.45) is 0. The molecule has 0 saturated heterocycles. The molecule has 2 nitrogen and oxygen atoms in total. The molecule has 0 saturated carbocycles. The molecule has 1 aromatic heterocycles. The molecule has 2 rings (SSSR count). The summed E-state index contributed by atoms with van der Waals surface area (Å²) in [5, 5.41) is 2.66. The summed E-state index contributed by atoms with van der Waals surface area (Å²) < 4.78 is 18.6. The van der Waals surface area contributed by atoms with Crippen LogP contribution >= 0.6 is 22.9 Å². The molecule has 5 heteroatoms. The van der Waals surface area contributed by atoms with Gasteiger partial charge in [0.2, 0.25) is 0 Å². The number of rotatable bonds is 4. The van der Waals surface area contributed by atoms with Crippen molar-refractivity contribution in [3.05, 3.63) is 40.7 Å². The van der Waals surface area contributed by atoms with E-state index in [0.29, 0.717) is 11.4 Å². The highest BCUT2D eigenvalue weighted by atomic mass is 35.5. The molecule has 0 bridgehead atoms. The maximum Gasteiger partial charge on any atom is 0.129 e. The molecule has 0 aliphatic rings. The zero-order valence-electron chi connectivity index (χ0n) is 9.24. The van der Waals surface area contributed by atoms with Crippen molar-refractivity contribution in [1.29, 1.82) is 0 Å². The Morgan fingerprint density at radius 2 is 2.29 bits per heavy atom. The van der Waals surface area contributed by atoms with E-state index in [1.807, 2.05) is 11.4 Å². The summed E-state index contributed by atoms with van der Waals surface area (Å²) in [7, 11) is 1.54. The molecule has 90 valence electrons. The van der Waals surface area contributed by atoms with Crippen molar-refractivity contribution >= 4 is 22.9 Å². The number of alkyl halides is 1. The second-order valence-corrected chi connectivity index (χ2v) is 4.64. The molecule has 0 unspecified atom stereocenters. The van der Waals surface area contributed by atoms with Gasteiger partial charge < -0.3 is 4.74 Å². The smallest absolute Gasteiger partial charge is 0.129 e. The molecular formula is C12H11ClFNOS. The fourth-order valence-electron chi connectivity index (χ4n) is 1.45. The van der Waals surface area contributed by atoms with E-state index in [1.54, 1.807) is 13.2 Å². The van der Waals surface area contributed by atoms with Crippen LogP contribution in [0.25, 0.3) is 10.6 Å². The Morgan fingerprint density at radius 1 is 1.47 bits per heavy atom. The van der Waals surface area contributed by atoms with E-state index in [1.165, 1.54) is 17.4 Å². The van der Waals surface area contributed by atoms with E-state index in [2.05, 4.69) is 4.98 Å². The molecular weight excluding hydrogens is 261 g/mol. The number of ether oxygens (including phenoxy) is 1. The van der Waals surface area contributed by atoms with Gasteiger partial charge in [-0.1, -0.05) is 12.1 Å². The van der Waals surface area contributed by atoms with Gasteiger partial charge in [-0.25, -0.2) is 9.37 Å². The van der Waals surface area contributed by atoms with E-state index < -0.39 is 0 Å². The van der Waals surface area contributed by atoms with Crippen LogP contribution in [0.2, 0.25) is 0 Å². The van der Waals surface area contributed by atoms with Gasteiger partial charge in [0.1, 0.15) is 10.8 Å². The van der Waals surface area contributed by atoms with Crippen molar-refractivity contribution in [2.24, 2.45) is 0 Å². The van der Waals surface area contributed by atoms with Crippen LogP contribution in [0.3, 0.4) is 0 Å². The highest BCUT2D eigenvalue weighted by Crippen LogP contribution is 2.26. The summed E-state index contributed by atoms with van der Waals surface area (Å²) in [6, 6.07) is 5.04. The lowest BCUT2D eigenvalue weighted by Gasteiger charge is -2.03. The van der Waals surface area contributed by atoms with Gasteiger partial charge in [-0.3, -0.25) is 0 Å². The van der Waals surface area contributed by atoms with Gasteiger partial charge in [0.25, 0.3) is 0 Å². The third kappa shape index (κ3) is 2.83. The first-order valence-electron chi connectivity index (χ1n) is 5.02. The Kier molecular flexibility index (Phi) is 4.10. The lowest BCUT2D eigenvalue weighted by Crippen LogP contribution is -1.93. The van der Waals surface area contributed by atoms with Crippen LogP contribution in [0.1, 0.15) is 11.3 Å². The molecule has 1 heterocycles. The Hall–Kier alpha value is -0.970. The average molecular weight is 272 g/mol. The van der Waals surface area contributed by atoms with E-state index in [0.717, 1.165) is 16.3 Å². The van der Waals surface area contributed by atoms with Crippen LogP contribution in [0, 0.1) is 5.82 Å². The first kappa shape index (κ1) is 12.5. The van der Waals surface area contributed by atoms with Gasteiger partial charge in [0.05, 0.1) is 18.2 Å². The van der Waals surface area contributed by atoms with E-state index in [9.17, 15) is 4.39 Å². The summed E-state index contributed by atoms with van der Waals surface area (Å²) >= 11 is 7.14. The van der Waals surface area contributed by atoms with Crippen molar-refractivity contribution in [2.45, 2.75) is 12.5 Å². The van der Waals surface area contributed by atoms with Crippen molar-refractivity contribution in [1.82, 2.24) is 4.98 Å². The van der Waals surface area contributed by atoms with Crippen molar-refractivity contribution in [3.63, 3.8) is 0 Å². The molecule has 0 atom stereocenters. The summed E-state index contributed by atoms with van der Waals surface area (Å²) in [5.74, 6) is 0.104. The maximum absolute atomic E-state index is 13.7. The minimum absolute atomic E-state index is 0.271. The van der Waals surface area contributed by atoms with E-state index in [-0.39, 0.29) is 12.4 Å². The molecule has 0 N–H and O–H groups in total. The normalized spacial score (nSPS) is 10.8. The highest BCUT2D eigenvalue weighted by Gasteiger charge is 2.08. The van der Waals surface area contributed by atoms with Crippen LogP contribution < -0.4 is 0 Å².